The van der Waals surface area contributed by atoms with Crippen LogP contribution in [-0.4, -0.2) is 63.9 Å². The van der Waals surface area contributed by atoms with Gasteiger partial charge in [-0.2, -0.15) is 0 Å². The summed E-state index contributed by atoms with van der Waals surface area (Å²) in [6, 6.07) is 9.65. The first-order valence-electron chi connectivity index (χ1n) is 9.78. The van der Waals surface area contributed by atoms with E-state index in [0.29, 0.717) is 31.3 Å². The van der Waals surface area contributed by atoms with E-state index in [1.165, 1.54) is 6.33 Å². The lowest BCUT2D eigenvalue weighted by molar-refractivity contribution is -0.136. The maximum Gasteiger partial charge on any atom is 0.237 e. The van der Waals surface area contributed by atoms with Crippen molar-refractivity contribution in [3.8, 4) is 5.88 Å². The summed E-state index contributed by atoms with van der Waals surface area (Å²) in [7, 11) is 1.60. The van der Waals surface area contributed by atoms with E-state index in [4.69, 9.17) is 10.5 Å². The van der Waals surface area contributed by atoms with Crippen molar-refractivity contribution in [1.82, 2.24) is 24.8 Å². The number of amides is 1. The molecule has 2 N–H and O–H groups in total. The quantitative estimate of drug-likeness (QED) is 0.671. The summed E-state index contributed by atoms with van der Waals surface area (Å²) in [4.78, 5) is 29.1. The Morgan fingerprint density at radius 2 is 2.07 bits per heavy atom. The number of rotatable bonds is 6. The van der Waals surface area contributed by atoms with Crippen LogP contribution in [0.25, 0.3) is 17.0 Å². The van der Waals surface area contributed by atoms with E-state index in [-0.39, 0.29) is 5.91 Å². The molecule has 1 aliphatic rings. The van der Waals surface area contributed by atoms with Gasteiger partial charge in [-0.15, -0.1) is 0 Å². The highest BCUT2D eigenvalue weighted by atomic mass is 16.5. The first kappa shape index (κ1) is 19.8. The third-order valence-corrected chi connectivity index (χ3v) is 5.15. The summed E-state index contributed by atoms with van der Waals surface area (Å²) in [5.41, 5.74) is 8.72. The number of piperazine rings is 1. The molecule has 8 nitrogen and oxygen atoms in total. The Morgan fingerprint density at radius 3 is 2.83 bits per heavy atom. The molecule has 0 bridgehead atoms. The van der Waals surface area contributed by atoms with Gasteiger partial charge in [0.25, 0.3) is 0 Å². The Labute approximate surface area is 175 Å². The number of hydrogen-bond donors (Lipinski definition) is 1. The van der Waals surface area contributed by atoms with Gasteiger partial charge in [-0.25, -0.2) is 15.0 Å². The average molecular weight is 404 g/mol. The van der Waals surface area contributed by atoms with Gasteiger partial charge in [-0.3, -0.25) is 9.69 Å². The Hall–Kier alpha value is -3.52. The van der Waals surface area contributed by atoms with Gasteiger partial charge in [-0.1, -0.05) is 18.2 Å². The van der Waals surface area contributed by atoms with Crippen LogP contribution < -0.4 is 10.5 Å². The van der Waals surface area contributed by atoms with Crippen molar-refractivity contribution in [1.29, 1.82) is 0 Å². The molecule has 30 heavy (non-hydrogen) atoms. The molecule has 8 heteroatoms. The van der Waals surface area contributed by atoms with Crippen LogP contribution in [0.4, 0.5) is 5.82 Å². The topological polar surface area (TPSA) is 97.5 Å². The number of ether oxygens (including phenoxy) is 1. The molecule has 3 aromatic rings. The van der Waals surface area contributed by atoms with Gasteiger partial charge in [0.2, 0.25) is 11.8 Å². The summed E-state index contributed by atoms with van der Waals surface area (Å²) in [6.07, 6.45) is 7.28. The number of nitrogen functional groups attached to an aromatic ring is 1. The Bertz CT molecular complexity index is 1070. The number of pyridine rings is 1. The molecule has 1 amide bonds. The van der Waals surface area contributed by atoms with E-state index in [9.17, 15) is 4.79 Å². The normalized spacial score (nSPS) is 15.2. The van der Waals surface area contributed by atoms with Crippen LogP contribution in [0.5, 0.6) is 5.88 Å². The van der Waals surface area contributed by atoms with Gasteiger partial charge in [0, 0.05) is 43.8 Å². The summed E-state index contributed by atoms with van der Waals surface area (Å²) < 4.78 is 5.06. The molecule has 3 heterocycles. The van der Waals surface area contributed by atoms with E-state index in [1.54, 1.807) is 13.3 Å². The fraction of sp³-hybridized carbons (Fsp3) is 0.273. The van der Waals surface area contributed by atoms with Crippen molar-refractivity contribution < 1.29 is 9.53 Å². The highest BCUT2D eigenvalue weighted by Gasteiger charge is 2.23. The first-order valence-corrected chi connectivity index (χ1v) is 9.78. The maximum absolute atomic E-state index is 12.6. The highest BCUT2D eigenvalue weighted by molar-refractivity contribution is 5.88. The van der Waals surface area contributed by atoms with Crippen molar-refractivity contribution in [3.63, 3.8) is 0 Å². The van der Waals surface area contributed by atoms with Crippen molar-refractivity contribution in [2.24, 2.45) is 0 Å². The van der Waals surface area contributed by atoms with Crippen LogP contribution >= 0.6 is 0 Å². The lowest BCUT2D eigenvalue weighted by Gasteiger charge is -2.33. The number of nitrogens with zero attached hydrogens (tertiary/aromatic N) is 5. The number of carbonyl (C=O) groups excluding carboxylic acids is 1. The molecule has 1 aromatic carbocycles. The number of benzene rings is 1. The number of anilines is 1. The van der Waals surface area contributed by atoms with Crippen molar-refractivity contribution >= 4 is 28.7 Å². The number of aromatic nitrogens is 3. The van der Waals surface area contributed by atoms with Crippen molar-refractivity contribution in [3.05, 3.63) is 60.1 Å². The van der Waals surface area contributed by atoms with Crippen LogP contribution in [0.2, 0.25) is 0 Å². The second kappa shape index (κ2) is 8.87. The lowest BCUT2D eigenvalue weighted by Crippen LogP contribution is -2.49. The maximum atomic E-state index is 12.6. The molecule has 2 aromatic heterocycles. The molecular formula is C22H24N6O2. The number of methoxy groups -OCH3 is 1. The van der Waals surface area contributed by atoms with Crippen LogP contribution in [0.15, 0.2) is 48.9 Å². The second-order valence-corrected chi connectivity index (χ2v) is 7.20. The average Bonchev–Trinajstić information content (AvgIpc) is 2.76. The zero-order chi connectivity index (χ0) is 20.9. The van der Waals surface area contributed by atoms with Gasteiger partial charge in [0.15, 0.2) is 0 Å². The minimum Gasteiger partial charge on any atom is -0.481 e. The molecular weight excluding hydrogens is 380 g/mol. The van der Waals surface area contributed by atoms with Gasteiger partial charge >= 0.3 is 0 Å². The standard InChI is InChI=1S/C22H24N6O2/c1-30-20-7-5-16(12-24-20)3-2-8-27-9-10-28(21(29)14-27)13-17-4-6-18-19(11-17)25-15-26-22(18)23/h2-7,11-12,15H,8-10,13-14H2,1H3,(H2,23,25,26)/b3-2+. The van der Waals surface area contributed by atoms with Crippen molar-refractivity contribution in [2.45, 2.75) is 6.54 Å². The van der Waals surface area contributed by atoms with Gasteiger partial charge in [-0.05, 0) is 29.3 Å². The van der Waals surface area contributed by atoms with E-state index >= 15 is 0 Å². The SMILES string of the molecule is COc1ccc(/C=C/CN2CCN(Cc3ccc4c(N)ncnc4c3)C(=O)C2)cn1. The molecule has 1 aliphatic heterocycles. The van der Waals surface area contributed by atoms with Crippen molar-refractivity contribution in [2.75, 3.05) is 39.0 Å². The molecule has 0 radical (unpaired) electrons. The summed E-state index contributed by atoms with van der Waals surface area (Å²) in [6.45, 7) is 3.23. The Morgan fingerprint density at radius 1 is 1.17 bits per heavy atom. The molecule has 0 saturated carbocycles. The lowest BCUT2D eigenvalue weighted by atomic mass is 10.1. The van der Waals surface area contributed by atoms with E-state index in [2.05, 4.69) is 25.9 Å². The van der Waals surface area contributed by atoms with Crippen LogP contribution in [0.1, 0.15) is 11.1 Å². The Balaban J connectivity index is 1.31. The van der Waals surface area contributed by atoms with Gasteiger partial charge in [0.1, 0.15) is 12.1 Å². The fourth-order valence-corrected chi connectivity index (χ4v) is 3.47. The molecule has 4 rings (SSSR count). The molecule has 0 aliphatic carbocycles. The summed E-state index contributed by atoms with van der Waals surface area (Å²) >= 11 is 0. The molecule has 1 fully saturated rings. The predicted octanol–water partition coefficient (Wildman–Crippen LogP) is 1.97. The van der Waals surface area contributed by atoms with Crippen LogP contribution in [0, 0.1) is 0 Å². The number of fused-ring (bicyclic) bond motifs is 1. The largest absolute Gasteiger partial charge is 0.481 e. The van der Waals surface area contributed by atoms with E-state index in [1.807, 2.05) is 41.3 Å². The van der Waals surface area contributed by atoms with E-state index < -0.39 is 0 Å². The van der Waals surface area contributed by atoms with Crippen LogP contribution in [0.3, 0.4) is 0 Å². The molecule has 1 saturated heterocycles. The molecule has 0 spiro atoms. The van der Waals surface area contributed by atoms with E-state index in [0.717, 1.165) is 35.1 Å². The second-order valence-electron chi connectivity index (χ2n) is 7.20. The number of hydrogen-bond acceptors (Lipinski definition) is 7. The summed E-state index contributed by atoms with van der Waals surface area (Å²) in [5, 5.41) is 0.830. The third kappa shape index (κ3) is 4.55. The monoisotopic (exact) mass is 404 g/mol. The van der Waals surface area contributed by atoms with Crippen LogP contribution in [-0.2, 0) is 11.3 Å². The third-order valence-electron chi connectivity index (χ3n) is 5.15. The predicted molar refractivity (Wildman–Crippen MR) is 116 cm³/mol. The number of nitrogens with two attached hydrogens (primary N) is 1. The minimum atomic E-state index is 0.128. The van der Waals surface area contributed by atoms with Gasteiger partial charge < -0.3 is 15.4 Å². The molecule has 0 unspecified atom stereocenters. The Kier molecular flexibility index (Phi) is 5.85. The number of carbonyl (C=O) groups is 1. The highest BCUT2D eigenvalue weighted by Crippen LogP contribution is 2.19. The smallest absolute Gasteiger partial charge is 0.237 e. The van der Waals surface area contributed by atoms with Gasteiger partial charge in [0.05, 0.1) is 19.2 Å². The zero-order valence-corrected chi connectivity index (χ0v) is 16.9. The minimum absolute atomic E-state index is 0.128. The first-order chi connectivity index (χ1) is 14.6. The molecule has 0 atom stereocenters. The zero-order valence-electron chi connectivity index (χ0n) is 16.9. The fourth-order valence-electron chi connectivity index (χ4n) is 3.47. The molecule has 154 valence electrons. The summed E-state index contributed by atoms with van der Waals surface area (Å²) in [5.74, 6) is 1.19.